The number of rotatable bonds is 5. The second-order valence-electron chi connectivity index (χ2n) is 8.96. The van der Waals surface area contributed by atoms with Gasteiger partial charge in [0.15, 0.2) is 0 Å². The van der Waals surface area contributed by atoms with Gasteiger partial charge in [0.05, 0.1) is 0 Å². The number of aromatic amines is 1. The number of phenols is 1. The van der Waals surface area contributed by atoms with Crippen molar-refractivity contribution in [1.29, 1.82) is 0 Å². The van der Waals surface area contributed by atoms with E-state index in [1.54, 1.807) is 30.3 Å². The fraction of sp³-hybridized carbons (Fsp3) is 0.217. The number of para-hydroxylation sites is 1. The summed E-state index contributed by atoms with van der Waals surface area (Å²) in [5.41, 5.74) is 0.372. The minimum Gasteiger partial charge on any atom is -0.565 e. The summed E-state index contributed by atoms with van der Waals surface area (Å²) in [6, 6.07) is 9.76. The van der Waals surface area contributed by atoms with Gasteiger partial charge < -0.3 is 27.0 Å². The fourth-order valence-electron chi connectivity index (χ4n) is 3.68. The van der Waals surface area contributed by atoms with Gasteiger partial charge in [-0.3, -0.25) is 9.59 Å². The third-order valence-corrected chi connectivity index (χ3v) is 5.22. The van der Waals surface area contributed by atoms with E-state index in [1.807, 2.05) is 20.8 Å². The Morgan fingerprint density at radius 1 is 1.09 bits per heavy atom. The van der Waals surface area contributed by atoms with E-state index in [4.69, 9.17) is 39.2 Å². The van der Waals surface area contributed by atoms with E-state index in [1.165, 1.54) is 12.3 Å². The van der Waals surface area contributed by atoms with Crippen molar-refractivity contribution in [3.63, 3.8) is 0 Å². The van der Waals surface area contributed by atoms with Crippen LogP contribution >= 0.6 is 0 Å². The second kappa shape index (κ2) is 10.2. The molecule has 11 heteroatoms. The second-order valence-corrected chi connectivity index (χ2v) is 8.96. The normalized spacial score (nSPS) is 11.8. The summed E-state index contributed by atoms with van der Waals surface area (Å²) in [6.45, 7) is 5.70. The number of amides is 1. The Balaban J connectivity index is 0.00000408. The van der Waals surface area contributed by atoms with Gasteiger partial charge in [-0.15, -0.1) is 0 Å². The number of H-pyrrole nitrogens is 1. The van der Waals surface area contributed by atoms with Gasteiger partial charge >= 0.3 is 21.1 Å². The van der Waals surface area contributed by atoms with Crippen molar-refractivity contribution in [2.24, 2.45) is 0 Å². The zero-order valence-electron chi connectivity index (χ0n) is 19.1. The summed E-state index contributed by atoms with van der Waals surface area (Å²) in [6.07, 6.45) is 1.35. The first kappa shape index (κ1) is 28.0. The monoisotopic (exact) mass is 610 g/mol. The van der Waals surface area contributed by atoms with Crippen molar-refractivity contribution >= 4 is 61.7 Å². The topological polar surface area (TPSA) is 82.2 Å². The number of hydrogen-bond acceptors (Lipinski definition) is 3. The quantitative estimate of drug-likeness (QED) is 0.307. The average molecular weight is 609 g/mol. The minimum atomic E-state index is -1.92. The molecule has 0 unspecified atom stereocenters. The number of carbonyl (C=O) groups excluding carboxylic acids is 1. The molecule has 0 bridgehead atoms. The van der Waals surface area contributed by atoms with Crippen molar-refractivity contribution < 1.29 is 31.0 Å². The number of aromatic hydroxyl groups is 1. The molecular weight excluding hydrogens is 590 g/mol. The van der Waals surface area contributed by atoms with E-state index in [0.717, 1.165) is 0 Å². The SMILES string of the molecule is [B][C-]([B])[C-](c1cc(C(C)(C)C)c(NC(=O)c2c[nH]c3ccccc3c2=O)cc1O)C([B])([B])[B].[W+2]. The van der Waals surface area contributed by atoms with Crippen molar-refractivity contribution in [2.75, 3.05) is 5.32 Å². The maximum atomic E-state index is 13.0. The number of pyridine rings is 1. The summed E-state index contributed by atoms with van der Waals surface area (Å²) in [4.78, 5) is 28.8. The number of hydrogen-bond donors (Lipinski definition) is 3. The molecule has 34 heavy (non-hydrogen) atoms. The van der Waals surface area contributed by atoms with Crippen LogP contribution in [0.3, 0.4) is 0 Å². The summed E-state index contributed by atoms with van der Waals surface area (Å²) in [5, 5.41) is 11.9. The van der Waals surface area contributed by atoms with E-state index in [0.29, 0.717) is 16.5 Å². The fourth-order valence-corrected chi connectivity index (χ4v) is 3.68. The molecule has 1 amide bonds. The Morgan fingerprint density at radius 3 is 2.26 bits per heavy atom. The molecule has 5 nitrogen and oxygen atoms in total. The van der Waals surface area contributed by atoms with E-state index < -0.39 is 21.9 Å². The van der Waals surface area contributed by atoms with Crippen molar-refractivity contribution in [2.45, 2.75) is 31.3 Å². The minimum absolute atomic E-state index is 0. The molecule has 2 aromatic carbocycles. The molecule has 0 aliphatic heterocycles. The van der Waals surface area contributed by atoms with Crippen molar-refractivity contribution in [1.82, 2.24) is 4.98 Å². The van der Waals surface area contributed by atoms with Crippen LogP contribution in [-0.2, 0) is 26.5 Å². The first-order valence-corrected chi connectivity index (χ1v) is 10.1. The van der Waals surface area contributed by atoms with Gasteiger partial charge in [0.25, 0.3) is 5.91 Å². The molecule has 3 N–H and O–H groups in total. The van der Waals surface area contributed by atoms with E-state index in [2.05, 4.69) is 10.3 Å². The summed E-state index contributed by atoms with van der Waals surface area (Å²) in [5.74, 6) is -0.992. The van der Waals surface area contributed by atoms with E-state index in [9.17, 15) is 14.7 Å². The standard InChI is InChI=1S/C23H19B5N2O3.W/c1-22(2,3)14-8-12(18(20(24)25)23(26,27)28)17(31)9-16(14)30-21(33)13-10-29-15-7-5-4-6-11(15)19(13)32;/h4-10,31H,1-3H3,(H,29,32)(H,30,33);/q-2;+2. The Labute approximate surface area is 220 Å². The summed E-state index contributed by atoms with van der Waals surface area (Å²) in [7, 11) is 28.9. The molecule has 0 spiro atoms. The van der Waals surface area contributed by atoms with Crippen LogP contribution in [-0.4, -0.2) is 55.2 Å². The van der Waals surface area contributed by atoms with Gasteiger partial charge in [-0.05, 0) is 17.5 Å². The molecule has 3 rings (SSSR count). The van der Waals surface area contributed by atoms with Crippen LogP contribution in [0.1, 0.15) is 42.3 Å². The van der Waals surface area contributed by atoms with Gasteiger partial charge in [0.2, 0.25) is 5.43 Å². The van der Waals surface area contributed by atoms with Crippen LogP contribution in [0.5, 0.6) is 5.75 Å². The molecule has 160 valence electrons. The molecule has 0 fully saturated rings. The molecule has 3 aromatic rings. The zero-order valence-corrected chi connectivity index (χ0v) is 22.0. The number of aromatic nitrogens is 1. The molecule has 0 atom stereocenters. The van der Waals surface area contributed by atoms with Gasteiger partial charge in [-0.2, -0.15) is 32.4 Å². The van der Waals surface area contributed by atoms with Crippen LogP contribution in [0.25, 0.3) is 10.9 Å². The number of anilines is 1. The summed E-state index contributed by atoms with van der Waals surface area (Å²) >= 11 is 0. The average Bonchev–Trinajstić information content (AvgIpc) is 2.68. The van der Waals surface area contributed by atoms with Crippen LogP contribution in [0.2, 0.25) is 5.11 Å². The third kappa shape index (κ3) is 5.71. The Hall–Kier alpha value is -2.20. The van der Waals surface area contributed by atoms with Gasteiger partial charge in [0.1, 0.15) is 5.56 Å². The number of nitrogens with one attached hydrogen (secondary N) is 2. The molecule has 1 aromatic heterocycles. The predicted octanol–water partition coefficient (Wildman–Crippen LogP) is 2.11. The van der Waals surface area contributed by atoms with Crippen LogP contribution < -0.4 is 10.7 Å². The van der Waals surface area contributed by atoms with Crippen LogP contribution in [0, 0.1) is 11.6 Å². The van der Waals surface area contributed by atoms with Crippen LogP contribution in [0.15, 0.2) is 47.4 Å². The first-order valence-electron chi connectivity index (χ1n) is 10.1. The Morgan fingerprint density at radius 2 is 1.71 bits per heavy atom. The molecular formula is C23H19B5N2O3W. The molecule has 0 saturated heterocycles. The molecule has 0 aliphatic carbocycles. The summed E-state index contributed by atoms with van der Waals surface area (Å²) < 4.78 is 0. The van der Waals surface area contributed by atoms with Gasteiger partial charge in [-0.25, -0.2) is 0 Å². The van der Waals surface area contributed by atoms with Gasteiger partial charge in [0, 0.05) is 52.1 Å². The molecule has 0 saturated carbocycles. The Kier molecular flexibility index (Phi) is 8.41. The smallest absolute Gasteiger partial charge is 0.565 e. The number of carbonyl (C=O) groups is 1. The predicted molar refractivity (Wildman–Crippen MR) is 136 cm³/mol. The Bertz CT molecular complexity index is 1270. The van der Waals surface area contributed by atoms with E-state index >= 15 is 0 Å². The largest absolute Gasteiger partial charge is 2.00 e. The number of fused-ring (bicyclic) bond motifs is 1. The number of benzene rings is 2. The first-order chi connectivity index (χ1) is 15.2. The number of phenolic OH excluding ortho intramolecular Hbond substituents is 1. The van der Waals surface area contributed by atoms with Crippen molar-refractivity contribution in [3.05, 3.63) is 81.1 Å². The van der Waals surface area contributed by atoms with E-state index in [-0.39, 0.29) is 55.3 Å². The zero-order chi connectivity index (χ0) is 24.7. The maximum Gasteiger partial charge on any atom is 2.00 e. The molecule has 1 heterocycles. The maximum absolute atomic E-state index is 13.0. The third-order valence-electron chi connectivity index (χ3n) is 5.22. The van der Waals surface area contributed by atoms with Gasteiger partial charge in [-0.1, -0.05) is 44.5 Å². The van der Waals surface area contributed by atoms with Crippen molar-refractivity contribution in [3.8, 4) is 5.75 Å². The molecule has 10 radical (unpaired) electrons. The van der Waals surface area contributed by atoms with Crippen LogP contribution in [0.4, 0.5) is 5.69 Å². The molecule has 0 aliphatic rings.